The van der Waals surface area contributed by atoms with Crippen molar-refractivity contribution in [2.45, 2.75) is 6.54 Å². The first-order valence-electron chi connectivity index (χ1n) is 8.48. The van der Waals surface area contributed by atoms with Gasteiger partial charge >= 0.3 is 0 Å². The summed E-state index contributed by atoms with van der Waals surface area (Å²) < 4.78 is 10.6. The molecule has 1 aliphatic heterocycles. The molecule has 0 saturated heterocycles. The van der Waals surface area contributed by atoms with Gasteiger partial charge in [0.05, 0.1) is 5.56 Å². The summed E-state index contributed by atoms with van der Waals surface area (Å²) in [4.78, 5) is 22.8. The summed E-state index contributed by atoms with van der Waals surface area (Å²) in [5.74, 6) is 1.70. The number of benzene rings is 2. The van der Waals surface area contributed by atoms with Gasteiger partial charge in [0.15, 0.2) is 11.5 Å². The van der Waals surface area contributed by atoms with E-state index in [9.17, 15) is 4.79 Å². The number of hydrogen-bond donors (Lipinski definition) is 1. The van der Waals surface area contributed by atoms with Gasteiger partial charge in [-0.1, -0.05) is 24.3 Å². The molecule has 0 aliphatic carbocycles. The van der Waals surface area contributed by atoms with Crippen molar-refractivity contribution in [3.05, 3.63) is 72.1 Å². The number of ether oxygens (including phenoxy) is 2. The van der Waals surface area contributed by atoms with Gasteiger partial charge < -0.3 is 19.7 Å². The van der Waals surface area contributed by atoms with Crippen LogP contribution in [0.15, 0.2) is 60.9 Å². The Hall–Kier alpha value is -3.61. The predicted molar refractivity (Wildman–Crippen MR) is 100 cm³/mol. The van der Waals surface area contributed by atoms with Crippen molar-refractivity contribution in [3.63, 3.8) is 0 Å². The molecule has 2 heterocycles. The minimum atomic E-state index is -0.235. The minimum Gasteiger partial charge on any atom is -0.454 e. The van der Waals surface area contributed by atoms with Gasteiger partial charge in [-0.25, -0.2) is 9.97 Å². The monoisotopic (exact) mass is 362 g/mol. The van der Waals surface area contributed by atoms with Gasteiger partial charge in [-0.05, 0) is 29.8 Å². The van der Waals surface area contributed by atoms with Gasteiger partial charge in [0.2, 0.25) is 12.7 Å². The zero-order chi connectivity index (χ0) is 18.6. The van der Waals surface area contributed by atoms with Crippen LogP contribution in [0, 0.1) is 0 Å². The lowest BCUT2D eigenvalue weighted by molar-refractivity contribution is 0.0950. The molecule has 7 nitrogen and oxygen atoms in total. The van der Waals surface area contributed by atoms with Crippen molar-refractivity contribution in [1.29, 1.82) is 0 Å². The molecule has 27 heavy (non-hydrogen) atoms. The van der Waals surface area contributed by atoms with E-state index in [0.29, 0.717) is 23.8 Å². The summed E-state index contributed by atoms with van der Waals surface area (Å²) in [7, 11) is 1.88. The van der Waals surface area contributed by atoms with E-state index in [2.05, 4.69) is 15.3 Å². The standard InChI is InChI=1S/C20H18N4O3/c1-24(16-5-3-2-4-6-16)20-22-11-15(12-23-20)19(25)21-10-14-7-8-17-18(9-14)27-13-26-17/h2-9,11-12H,10,13H2,1H3,(H,21,25). The number of carbonyl (C=O) groups excluding carboxylic acids is 1. The number of amides is 1. The summed E-state index contributed by atoms with van der Waals surface area (Å²) in [6.07, 6.45) is 3.05. The number of fused-ring (bicyclic) bond motifs is 1. The largest absolute Gasteiger partial charge is 0.454 e. The highest BCUT2D eigenvalue weighted by molar-refractivity contribution is 5.93. The lowest BCUT2D eigenvalue weighted by atomic mass is 10.2. The third-order valence-corrected chi connectivity index (χ3v) is 4.23. The Morgan fingerprint density at radius 1 is 1.07 bits per heavy atom. The number of aromatic nitrogens is 2. The van der Waals surface area contributed by atoms with E-state index in [0.717, 1.165) is 17.0 Å². The third kappa shape index (κ3) is 3.67. The fourth-order valence-corrected chi connectivity index (χ4v) is 2.71. The number of nitrogens with one attached hydrogen (secondary N) is 1. The average Bonchev–Trinajstić information content (AvgIpc) is 3.20. The Kier molecular flexibility index (Phi) is 4.57. The molecule has 0 saturated carbocycles. The molecule has 0 radical (unpaired) electrons. The van der Waals surface area contributed by atoms with E-state index < -0.39 is 0 Å². The number of rotatable bonds is 5. The number of hydrogen-bond acceptors (Lipinski definition) is 6. The number of para-hydroxylation sites is 1. The van der Waals surface area contributed by atoms with Gasteiger partial charge in [-0.3, -0.25) is 4.79 Å². The lowest BCUT2D eigenvalue weighted by Crippen LogP contribution is -2.23. The first-order chi connectivity index (χ1) is 13.2. The smallest absolute Gasteiger partial charge is 0.254 e. The molecule has 2 aromatic carbocycles. The zero-order valence-electron chi connectivity index (χ0n) is 14.8. The number of nitrogens with zero attached hydrogens (tertiary/aromatic N) is 3. The van der Waals surface area contributed by atoms with Crippen LogP contribution in [-0.4, -0.2) is 29.7 Å². The second-order valence-electron chi connectivity index (χ2n) is 6.04. The molecule has 7 heteroatoms. The lowest BCUT2D eigenvalue weighted by Gasteiger charge is -2.16. The molecule has 0 unspecified atom stereocenters. The van der Waals surface area contributed by atoms with Crippen LogP contribution >= 0.6 is 0 Å². The summed E-state index contributed by atoms with van der Waals surface area (Å²) in [5.41, 5.74) is 2.30. The average molecular weight is 362 g/mol. The van der Waals surface area contributed by atoms with Crippen molar-refractivity contribution >= 4 is 17.5 Å². The highest BCUT2D eigenvalue weighted by atomic mass is 16.7. The molecule has 4 rings (SSSR count). The van der Waals surface area contributed by atoms with Crippen molar-refractivity contribution < 1.29 is 14.3 Å². The van der Waals surface area contributed by atoms with Crippen LogP contribution in [-0.2, 0) is 6.54 Å². The Morgan fingerprint density at radius 3 is 2.59 bits per heavy atom. The summed E-state index contributed by atoms with van der Waals surface area (Å²) in [6.45, 7) is 0.605. The van der Waals surface area contributed by atoms with Crippen molar-refractivity contribution in [3.8, 4) is 11.5 Å². The molecule has 1 aromatic heterocycles. The molecular weight excluding hydrogens is 344 g/mol. The molecule has 0 atom stereocenters. The van der Waals surface area contributed by atoms with Crippen LogP contribution < -0.4 is 19.7 Å². The molecule has 0 spiro atoms. The maximum absolute atomic E-state index is 12.3. The minimum absolute atomic E-state index is 0.228. The van der Waals surface area contributed by atoms with E-state index >= 15 is 0 Å². The molecule has 1 amide bonds. The van der Waals surface area contributed by atoms with Crippen LogP contribution in [0.1, 0.15) is 15.9 Å². The third-order valence-electron chi connectivity index (χ3n) is 4.23. The maximum atomic E-state index is 12.3. The molecule has 0 fully saturated rings. The van der Waals surface area contributed by atoms with Gasteiger partial charge in [-0.2, -0.15) is 0 Å². The van der Waals surface area contributed by atoms with Gasteiger partial charge in [0.25, 0.3) is 5.91 Å². The quantitative estimate of drug-likeness (QED) is 0.752. The van der Waals surface area contributed by atoms with Gasteiger partial charge in [-0.15, -0.1) is 0 Å². The first-order valence-corrected chi connectivity index (χ1v) is 8.48. The van der Waals surface area contributed by atoms with Crippen molar-refractivity contribution in [2.75, 3.05) is 18.7 Å². The summed E-state index contributed by atoms with van der Waals surface area (Å²) >= 11 is 0. The topological polar surface area (TPSA) is 76.6 Å². The number of anilines is 2. The molecule has 0 bridgehead atoms. The summed E-state index contributed by atoms with van der Waals surface area (Å²) in [5, 5.41) is 2.86. The summed E-state index contributed by atoms with van der Waals surface area (Å²) in [6, 6.07) is 15.4. The Labute approximate surface area is 156 Å². The molecule has 3 aromatic rings. The van der Waals surface area contributed by atoms with Crippen LogP contribution in [0.4, 0.5) is 11.6 Å². The fourth-order valence-electron chi connectivity index (χ4n) is 2.71. The Morgan fingerprint density at radius 2 is 1.81 bits per heavy atom. The van der Waals surface area contributed by atoms with Crippen LogP contribution in [0.2, 0.25) is 0 Å². The normalized spacial score (nSPS) is 11.9. The highest BCUT2D eigenvalue weighted by Gasteiger charge is 2.14. The van der Waals surface area contributed by atoms with Crippen LogP contribution in [0.3, 0.4) is 0 Å². The fraction of sp³-hybridized carbons (Fsp3) is 0.150. The van der Waals surface area contributed by atoms with E-state index in [1.54, 1.807) is 0 Å². The second-order valence-corrected chi connectivity index (χ2v) is 6.04. The van der Waals surface area contributed by atoms with Crippen LogP contribution in [0.5, 0.6) is 11.5 Å². The molecule has 1 aliphatic rings. The van der Waals surface area contributed by atoms with Crippen molar-refractivity contribution in [1.82, 2.24) is 15.3 Å². The Bertz CT molecular complexity index is 945. The SMILES string of the molecule is CN(c1ccccc1)c1ncc(C(=O)NCc2ccc3c(c2)OCO3)cn1. The molecule has 136 valence electrons. The van der Waals surface area contributed by atoms with Crippen LogP contribution in [0.25, 0.3) is 0 Å². The van der Waals surface area contributed by atoms with Gasteiger partial charge in [0.1, 0.15) is 0 Å². The van der Waals surface area contributed by atoms with E-state index in [-0.39, 0.29) is 12.7 Å². The number of carbonyl (C=O) groups is 1. The second kappa shape index (κ2) is 7.33. The molecular formula is C20H18N4O3. The molecule has 1 N–H and O–H groups in total. The van der Waals surface area contributed by atoms with E-state index in [1.807, 2.05) is 60.5 Å². The van der Waals surface area contributed by atoms with Crippen molar-refractivity contribution in [2.24, 2.45) is 0 Å². The zero-order valence-corrected chi connectivity index (χ0v) is 14.8. The first kappa shape index (κ1) is 16.8. The highest BCUT2D eigenvalue weighted by Crippen LogP contribution is 2.32. The van der Waals surface area contributed by atoms with E-state index in [4.69, 9.17) is 9.47 Å². The Balaban J connectivity index is 1.39. The van der Waals surface area contributed by atoms with Gasteiger partial charge in [0, 0.05) is 31.7 Å². The van der Waals surface area contributed by atoms with E-state index in [1.165, 1.54) is 12.4 Å². The predicted octanol–water partition coefficient (Wildman–Crippen LogP) is 2.90. The maximum Gasteiger partial charge on any atom is 0.254 e.